The number of fused-ring (bicyclic) bond motifs is 1. The molecule has 0 spiro atoms. The molecule has 0 saturated carbocycles. The molecule has 2 rings (SSSR count). The fourth-order valence-corrected chi connectivity index (χ4v) is 2.98. The highest BCUT2D eigenvalue weighted by Gasteiger charge is 2.42. The van der Waals surface area contributed by atoms with Gasteiger partial charge in [-0.15, -0.1) is 0 Å². The number of unbranched alkanes of at least 4 members (excludes halogenated alkanes) is 1. The minimum Gasteiger partial charge on any atom is -0.338 e. The predicted molar refractivity (Wildman–Crippen MR) is 94.8 cm³/mol. The van der Waals surface area contributed by atoms with E-state index in [4.69, 9.17) is 0 Å². The Morgan fingerprint density at radius 3 is 2.54 bits per heavy atom. The van der Waals surface area contributed by atoms with Gasteiger partial charge >= 0.3 is 0 Å². The zero-order chi connectivity index (χ0) is 19.4. The lowest BCUT2D eigenvalue weighted by Gasteiger charge is -2.30. The maximum absolute atomic E-state index is 12.7. The van der Waals surface area contributed by atoms with Crippen LogP contribution in [-0.2, 0) is 4.79 Å². The third kappa shape index (κ3) is 3.58. The van der Waals surface area contributed by atoms with Gasteiger partial charge in [0.2, 0.25) is 5.91 Å². The van der Waals surface area contributed by atoms with Crippen molar-refractivity contribution >= 4 is 23.4 Å². The summed E-state index contributed by atoms with van der Waals surface area (Å²) < 4.78 is 0. The van der Waals surface area contributed by atoms with E-state index in [1.54, 1.807) is 4.90 Å². The van der Waals surface area contributed by atoms with Crippen molar-refractivity contribution in [2.45, 2.75) is 46.1 Å². The van der Waals surface area contributed by atoms with E-state index in [-0.39, 0.29) is 23.1 Å². The molecule has 1 aromatic carbocycles. The Morgan fingerprint density at radius 1 is 1.27 bits per heavy atom. The highest BCUT2D eigenvalue weighted by atomic mass is 16.6. The Bertz CT molecular complexity index is 746. The van der Waals surface area contributed by atoms with Crippen LogP contribution in [0.15, 0.2) is 18.2 Å². The topological polar surface area (TPSA) is 101 Å². The number of nitrogens with zero attached hydrogens (tertiary/aromatic N) is 3. The van der Waals surface area contributed by atoms with E-state index < -0.39 is 29.0 Å². The van der Waals surface area contributed by atoms with Crippen molar-refractivity contribution in [2.24, 2.45) is 0 Å². The van der Waals surface area contributed by atoms with Crippen LogP contribution in [0.3, 0.4) is 0 Å². The number of carbonyl (C=O) groups excluding carboxylic acids is 3. The molecular weight excluding hydrogens is 338 g/mol. The van der Waals surface area contributed by atoms with Gasteiger partial charge in [0.25, 0.3) is 17.5 Å². The molecule has 0 radical (unpaired) electrons. The summed E-state index contributed by atoms with van der Waals surface area (Å²) in [5, 5.41) is 11.1. The molecule has 0 aromatic heterocycles. The molecule has 8 heteroatoms. The first-order valence-electron chi connectivity index (χ1n) is 8.76. The number of amides is 3. The van der Waals surface area contributed by atoms with Crippen LogP contribution in [-0.4, -0.2) is 51.6 Å². The standard InChI is InChI=1S/C18H23N3O5/c1-4-6-10-19(12(3)5-2)15(22)11-20-17(23)13-8-7-9-14(21(25)26)16(13)18(20)24/h7-9,12H,4-6,10-11H2,1-3H3. The number of rotatable bonds is 8. The Balaban J connectivity index is 2.26. The number of hydrogen-bond donors (Lipinski definition) is 0. The molecule has 1 aliphatic rings. The van der Waals surface area contributed by atoms with Gasteiger partial charge in [0.15, 0.2) is 0 Å². The van der Waals surface area contributed by atoms with E-state index in [0.29, 0.717) is 6.54 Å². The van der Waals surface area contributed by atoms with Crippen LogP contribution in [0.5, 0.6) is 0 Å². The summed E-state index contributed by atoms with van der Waals surface area (Å²) in [6.07, 6.45) is 2.49. The first-order chi connectivity index (χ1) is 12.3. The van der Waals surface area contributed by atoms with Gasteiger partial charge < -0.3 is 4.90 Å². The molecule has 0 aliphatic carbocycles. The number of benzene rings is 1. The Labute approximate surface area is 151 Å². The van der Waals surface area contributed by atoms with Gasteiger partial charge in [-0.05, 0) is 25.8 Å². The highest BCUT2D eigenvalue weighted by Crippen LogP contribution is 2.30. The Kier molecular flexibility index (Phi) is 6.07. The summed E-state index contributed by atoms with van der Waals surface area (Å²) >= 11 is 0. The van der Waals surface area contributed by atoms with Crippen molar-refractivity contribution in [2.75, 3.05) is 13.1 Å². The summed E-state index contributed by atoms with van der Waals surface area (Å²) in [6.45, 7) is 6.04. The number of nitro benzene ring substituents is 1. The zero-order valence-electron chi connectivity index (χ0n) is 15.2. The molecule has 1 heterocycles. The molecule has 1 atom stereocenters. The third-order valence-electron chi connectivity index (χ3n) is 4.66. The van der Waals surface area contributed by atoms with Crippen LogP contribution in [0.25, 0.3) is 0 Å². The lowest BCUT2D eigenvalue weighted by atomic mass is 10.1. The molecule has 1 aliphatic heterocycles. The summed E-state index contributed by atoms with van der Waals surface area (Å²) in [5.41, 5.74) is -0.680. The second kappa shape index (κ2) is 8.07. The molecule has 0 N–H and O–H groups in total. The van der Waals surface area contributed by atoms with Gasteiger partial charge in [-0.2, -0.15) is 0 Å². The highest BCUT2D eigenvalue weighted by molar-refractivity contribution is 6.24. The van der Waals surface area contributed by atoms with Crippen LogP contribution in [0, 0.1) is 10.1 Å². The molecule has 3 amide bonds. The van der Waals surface area contributed by atoms with Gasteiger partial charge in [0.1, 0.15) is 12.1 Å². The number of imide groups is 1. The molecule has 0 saturated heterocycles. The van der Waals surface area contributed by atoms with E-state index in [9.17, 15) is 24.5 Å². The smallest absolute Gasteiger partial charge is 0.282 e. The van der Waals surface area contributed by atoms with Crippen LogP contribution in [0.1, 0.15) is 60.7 Å². The van der Waals surface area contributed by atoms with Gasteiger partial charge in [-0.25, -0.2) is 0 Å². The third-order valence-corrected chi connectivity index (χ3v) is 4.66. The fraction of sp³-hybridized carbons (Fsp3) is 0.500. The molecule has 1 aromatic rings. The van der Waals surface area contributed by atoms with E-state index in [1.807, 2.05) is 20.8 Å². The van der Waals surface area contributed by atoms with Crippen molar-refractivity contribution in [3.05, 3.63) is 39.4 Å². The van der Waals surface area contributed by atoms with Gasteiger partial charge in [-0.3, -0.25) is 29.4 Å². The molecule has 140 valence electrons. The number of carbonyl (C=O) groups is 3. The first-order valence-corrected chi connectivity index (χ1v) is 8.76. The minimum atomic E-state index is -0.787. The predicted octanol–water partition coefficient (Wildman–Crippen LogP) is 2.62. The SMILES string of the molecule is CCCCN(C(=O)CN1C(=O)c2cccc([N+](=O)[O-])c2C1=O)C(C)CC. The normalized spacial score (nSPS) is 14.3. The summed E-state index contributed by atoms with van der Waals surface area (Å²) in [7, 11) is 0. The van der Waals surface area contributed by atoms with E-state index in [0.717, 1.165) is 24.2 Å². The summed E-state index contributed by atoms with van der Waals surface area (Å²) in [6, 6.07) is 3.90. The van der Waals surface area contributed by atoms with Crippen molar-refractivity contribution in [1.82, 2.24) is 9.80 Å². The Hall–Kier alpha value is -2.77. The summed E-state index contributed by atoms with van der Waals surface area (Å²) in [5.74, 6) is -1.78. The van der Waals surface area contributed by atoms with Crippen molar-refractivity contribution in [3.63, 3.8) is 0 Å². The Morgan fingerprint density at radius 2 is 1.96 bits per heavy atom. The van der Waals surface area contributed by atoms with Crippen molar-refractivity contribution < 1.29 is 19.3 Å². The number of hydrogen-bond acceptors (Lipinski definition) is 5. The molecular formula is C18H23N3O5. The van der Waals surface area contributed by atoms with Crippen LogP contribution >= 0.6 is 0 Å². The van der Waals surface area contributed by atoms with Gasteiger partial charge in [0.05, 0.1) is 10.5 Å². The van der Waals surface area contributed by atoms with Crippen LogP contribution < -0.4 is 0 Å². The lowest BCUT2D eigenvalue weighted by Crippen LogP contribution is -2.46. The average molecular weight is 361 g/mol. The quantitative estimate of drug-likeness (QED) is 0.402. The van der Waals surface area contributed by atoms with Crippen LogP contribution in [0.2, 0.25) is 0 Å². The first kappa shape index (κ1) is 19.6. The molecule has 8 nitrogen and oxygen atoms in total. The summed E-state index contributed by atoms with van der Waals surface area (Å²) in [4.78, 5) is 50.7. The number of nitro groups is 1. The van der Waals surface area contributed by atoms with Gasteiger partial charge in [0, 0.05) is 18.7 Å². The van der Waals surface area contributed by atoms with E-state index in [1.165, 1.54) is 18.2 Å². The van der Waals surface area contributed by atoms with Crippen LogP contribution in [0.4, 0.5) is 5.69 Å². The monoisotopic (exact) mass is 361 g/mol. The zero-order valence-corrected chi connectivity index (χ0v) is 15.2. The lowest BCUT2D eigenvalue weighted by molar-refractivity contribution is -0.385. The maximum Gasteiger partial charge on any atom is 0.282 e. The molecule has 1 unspecified atom stereocenters. The van der Waals surface area contributed by atoms with Crippen molar-refractivity contribution in [3.8, 4) is 0 Å². The van der Waals surface area contributed by atoms with E-state index >= 15 is 0 Å². The van der Waals surface area contributed by atoms with Gasteiger partial charge in [-0.1, -0.05) is 26.3 Å². The molecule has 0 bridgehead atoms. The van der Waals surface area contributed by atoms with Crippen molar-refractivity contribution in [1.29, 1.82) is 0 Å². The second-order valence-corrected chi connectivity index (χ2v) is 6.35. The van der Waals surface area contributed by atoms with E-state index in [2.05, 4.69) is 0 Å². The minimum absolute atomic E-state index is 0.0152. The largest absolute Gasteiger partial charge is 0.338 e. The second-order valence-electron chi connectivity index (χ2n) is 6.35. The maximum atomic E-state index is 12.7. The molecule has 26 heavy (non-hydrogen) atoms. The fourth-order valence-electron chi connectivity index (χ4n) is 2.98. The average Bonchev–Trinajstić information content (AvgIpc) is 2.86. The molecule has 0 fully saturated rings.